The summed E-state index contributed by atoms with van der Waals surface area (Å²) >= 11 is 4.95. The number of rotatable bonds is 3. The van der Waals surface area contributed by atoms with Gasteiger partial charge in [0.25, 0.3) is 0 Å². The van der Waals surface area contributed by atoms with E-state index in [1.807, 2.05) is 29.7 Å². The van der Waals surface area contributed by atoms with E-state index in [2.05, 4.69) is 31.6 Å². The quantitative estimate of drug-likeness (QED) is 0.775. The minimum Gasteiger partial charge on any atom is -0.444 e. The summed E-state index contributed by atoms with van der Waals surface area (Å²) in [5.41, 5.74) is 1.16. The van der Waals surface area contributed by atoms with Gasteiger partial charge in [0, 0.05) is 10.0 Å². The Morgan fingerprint density at radius 2 is 1.96 bits per heavy atom. The van der Waals surface area contributed by atoms with Crippen molar-refractivity contribution in [1.82, 2.24) is 10.6 Å². The molecule has 0 spiro atoms. The molecule has 6 nitrogen and oxygen atoms in total. The zero-order chi connectivity index (χ0) is 18.4. The Morgan fingerprint density at radius 1 is 1.28 bits per heavy atom. The molecule has 0 aromatic heterocycles. The second kappa shape index (κ2) is 8.53. The van der Waals surface area contributed by atoms with Crippen LogP contribution in [0.3, 0.4) is 0 Å². The molecule has 0 unspecified atom stereocenters. The van der Waals surface area contributed by atoms with Crippen LogP contribution in [0.15, 0.2) is 39.1 Å². The molecule has 0 bridgehead atoms. The third-order valence-electron chi connectivity index (χ3n) is 2.89. The van der Waals surface area contributed by atoms with Gasteiger partial charge in [-0.25, -0.2) is 9.79 Å². The normalized spacial score (nSPS) is 14.2. The Balaban J connectivity index is 1.89. The number of thioether (sulfide) groups is 1. The zero-order valence-electron chi connectivity index (χ0n) is 14.3. The molecule has 1 aliphatic rings. The molecule has 1 aliphatic heterocycles. The third-order valence-corrected chi connectivity index (χ3v) is 4.24. The molecule has 1 aromatic rings. The number of hydrogen-bond acceptors (Lipinski definition) is 5. The number of carbonyl (C=O) groups excluding carboxylic acids is 2. The van der Waals surface area contributed by atoms with Crippen LogP contribution in [0.4, 0.5) is 4.79 Å². The fourth-order valence-electron chi connectivity index (χ4n) is 1.89. The standard InChI is InChI=1S/C17H20BrN3O3S/c1-17(2,3)24-16(23)19-8-15(22)21-14-10-25-9-13(20-14)11-4-6-12(18)7-5-11/h4-7,9H,8,10H2,1-3H3,(H,19,23)(H,20,21,22). The fourth-order valence-corrected chi connectivity index (χ4v) is 2.88. The van der Waals surface area contributed by atoms with Crippen LogP contribution >= 0.6 is 27.7 Å². The molecule has 25 heavy (non-hydrogen) atoms. The van der Waals surface area contributed by atoms with Crippen molar-refractivity contribution in [3.63, 3.8) is 0 Å². The highest BCUT2D eigenvalue weighted by Gasteiger charge is 2.17. The highest BCUT2D eigenvalue weighted by Crippen LogP contribution is 2.25. The molecule has 8 heteroatoms. The monoisotopic (exact) mass is 425 g/mol. The molecule has 1 heterocycles. The van der Waals surface area contributed by atoms with Gasteiger partial charge in [-0.2, -0.15) is 0 Å². The summed E-state index contributed by atoms with van der Waals surface area (Å²) in [5.74, 6) is 0.779. The van der Waals surface area contributed by atoms with Crippen LogP contribution in [0.2, 0.25) is 0 Å². The van der Waals surface area contributed by atoms with E-state index < -0.39 is 11.7 Å². The maximum absolute atomic E-state index is 12.0. The highest BCUT2D eigenvalue weighted by atomic mass is 79.9. The van der Waals surface area contributed by atoms with Crippen LogP contribution in [0.5, 0.6) is 0 Å². The number of amides is 2. The Kier molecular flexibility index (Phi) is 6.66. The van der Waals surface area contributed by atoms with E-state index >= 15 is 0 Å². The number of carbonyl (C=O) groups is 2. The second-order valence-electron chi connectivity index (χ2n) is 6.28. The predicted molar refractivity (Wildman–Crippen MR) is 104 cm³/mol. The number of amidine groups is 1. The highest BCUT2D eigenvalue weighted by molar-refractivity contribution is 9.10. The van der Waals surface area contributed by atoms with Gasteiger partial charge in [-0.1, -0.05) is 28.1 Å². The fraction of sp³-hybridized carbons (Fsp3) is 0.353. The second-order valence-corrected chi connectivity index (χ2v) is 8.06. The third kappa shape index (κ3) is 6.91. The number of nitrogens with zero attached hydrogens (tertiary/aromatic N) is 1. The van der Waals surface area contributed by atoms with Crippen LogP contribution in [-0.2, 0) is 9.53 Å². The molecule has 0 radical (unpaired) electrons. The minimum absolute atomic E-state index is 0.171. The molecule has 0 atom stereocenters. The van der Waals surface area contributed by atoms with Crippen LogP contribution in [0.1, 0.15) is 26.3 Å². The van der Waals surface area contributed by atoms with Gasteiger partial charge in [0.15, 0.2) is 0 Å². The average molecular weight is 426 g/mol. The molecule has 134 valence electrons. The first-order chi connectivity index (χ1) is 11.7. The summed E-state index contributed by atoms with van der Waals surface area (Å²) < 4.78 is 6.08. The van der Waals surface area contributed by atoms with Crippen molar-refractivity contribution in [3.8, 4) is 0 Å². The Morgan fingerprint density at radius 3 is 2.60 bits per heavy atom. The maximum Gasteiger partial charge on any atom is 0.408 e. The van der Waals surface area contributed by atoms with Crippen molar-refractivity contribution in [2.75, 3.05) is 12.3 Å². The summed E-state index contributed by atoms with van der Waals surface area (Å²) in [4.78, 5) is 28.0. The number of hydrogen-bond donors (Lipinski definition) is 2. The number of ether oxygens (including phenoxy) is 1. The van der Waals surface area contributed by atoms with E-state index in [4.69, 9.17) is 4.74 Å². The van der Waals surface area contributed by atoms with Crippen molar-refractivity contribution in [1.29, 1.82) is 0 Å². The lowest BCUT2D eigenvalue weighted by Crippen LogP contribution is -2.42. The smallest absolute Gasteiger partial charge is 0.408 e. The number of nitrogens with one attached hydrogen (secondary N) is 2. The van der Waals surface area contributed by atoms with Gasteiger partial charge in [-0.3, -0.25) is 4.79 Å². The molecule has 2 amide bonds. The lowest BCUT2D eigenvalue weighted by molar-refractivity contribution is -0.118. The van der Waals surface area contributed by atoms with Gasteiger partial charge in [0.1, 0.15) is 18.0 Å². The van der Waals surface area contributed by atoms with Crippen LogP contribution in [0.25, 0.3) is 5.70 Å². The molecule has 2 rings (SSSR count). The van der Waals surface area contributed by atoms with Gasteiger partial charge in [0.2, 0.25) is 5.91 Å². The van der Waals surface area contributed by atoms with Gasteiger partial charge >= 0.3 is 6.09 Å². The molecule has 0 fully saturated rings. The predicted octanol–water partition coefficient (Wildman–Crippen LogP) is 3.53. The first-order valence-electron chi connectivity index (χ1n) is 7.65. The number of aliphatic imine (C=N–C) groups is 1. The van der Waals surface area contributed by atoms with Crippen LogP contribution < -0.4 is 10.6 Å². The van der Waals surface area contributed by atoms with Gasteiger partial charge < -0.3 is 15.4 Å². The summed E-state index contributed by atoms with van der Waals surface area (Å²) in [5, 5.41) is 7.10. The molecule has 0 saturated carbocycles. The Hall–Kier alpha value is -1.80. The van der Waals surface area contributed by atoms with E-state index in [0.717, 1.165) is 15.7 Å². The number of halogens is 1. The van der Waals surface area contributed by atoms with E-state index in [1.54, 1.807) is 32.5 Å². The summed E-state index contributed by atoms with van der Waals surface area (Å²) in [7, 11) is 0. The van der Waals surface area contributed by atoms with Crippen LogP contribution in [0, 0.1) is 0 Å². The van der Waals surface area contributed by atoms with Crippen molar-refractivity contribution in [3.05, 3.63) is 39.7 Å². The van der Waals surface area contributed by atoms with Crippen LogP contribution in [-0.4, -0.2) is 35.7 Å². The first-order valence-corrected chi connectivity index (χ1v) is 9.49. The summed E-state index contributed by atoms with van der Waals surface area (Å²) in [6.45, 7) is 5.11. The SMILES string of the molecule is CC(C)(C)OC(=O)NCC(=O)NC1=NC(c2ccc(Br)cc2)=CSC1. The minimum atomic E-state index is -0.627. The van der Waals surface area contributed by atoms with Crippen molar-refractivity contribution in [2.24, 2.45) is 4.99 Å². The van der Waals surface area contributed by atoms with E-state index in [9.17, 15) is 9.59 Å². The molecular weight excluding hydrogens is 406 g/mol. The number of alkyl carbamates (subject to hydrolysis) is 1. The van der Waals surface area contributed by atoms with Crippen molar-refractivity contribution >= 4 is 51.2 Å². The number of benzene rings is 1. The van der Waals surface area contributed by atoms with Gasteiger partial charge in [0.05, 0.1) is 11.4 Å². The molecule has 1 aromatic carbocycles. The summed E-state index contributed by atoms with van der Waals surface area (Å²) in [6, 6.07) is 7.78. The van der Waals surface area contributed by atoms with E-state index in [-0.39, 0.29) is 12.5 Å². The largest absolute Gasteiger partial charge is 0.444 e. The topological polar surface area (TPSA) is 79.8 Å². The van der Waals surface area contributed by atoms with Crippen molar-refractivity contribution < 1.29 is 14.3 Å². The van der Waals surface area contributed by atoms with E-state index in [0.29, 0.717) is 11.6 Å². The lowest BCUT2D eigenvalue weighted by Gasteiger charge is -2.19. The maximum atomic E-state index is 12.0. The average Bonchev–Trinajstić information content (AvgIpc) is 2.52. The first kappa shape index (κ1) is 19.5. The zero-order valence-corrected chi connectivity index (χ0v) is 16.7. The Labute approximate surface area is 159 Å². The molecule has 2 N–H and O–H groups in total. The van der Waals surface area contributed by atoms with E-state index in [1.165, 1.54) is 0 Å². The Bertz CT molecular complexity index is 709. The lowest BCUT2D eigenvalue weighted by atomic mass is 10.2. The summed E-state index contributed by atoms with van der Waals surface area (Å²) in [6.07, 6.45) is -0.627. The molecule has 0 aliphatic carbocycles. The van der Waals surface area contributed by atoms with Gasteiger partial charge in [-0.15, -0.1) is 11.8 Å². The van der Waals surface area contributed by atoms with Gasteiger partial charge in [-0.05, 0) is 38.3 Å². The van der Waals surface area contributed by atoms with Crippen molar-refractivity contribution in [2.45, 2.75) is 26.4 Å². The molecule has 0 saturated heterocycles. The molecular formula is C17H20BrN3O3S.